The van der Waals surface area contributed by atoms with E-state index in [9.17, 15) is 4.79 Å². The number of nitrogens with one attached hydrogen (secondary N) is 2. The Hall–Kier alpha value is -2.34. The van der Waals surface area contributed by atoms with Crippen LogP contribution in [-0.4, -0.2) is 29.5 Å². The zero-order chi connectivity index (χ0) is 17.7. The first-order valence-electron chi connectivity index (χ1n) is 7.69. The predicted octanol–water partition coefficient (Wildman–Crippen LogP) is 3.64. The Balaban J connectivity index is 2.32. The molecule has 0 atom stereocenters. The minimum absolute atomic E-state index is 0.218. The van der Waals surface area contributed by atoms with Crippen LogP contribution in [-0.2, 0) is 0 Å². The minimum Gasteiger partial charge on any atom is -0.495 e. The van der Waals surface area contributed by atoms with Crippen LogP contribution in [0.4, 0.5) is 11.6 Å². The Morgan fingerprint density at radius 3 is 2.67 bits per heavy atom. The second-order valence-electron chi connectivity index (χ2n) is 5.40. The zero-order valence-corrected chi connectivity index (χ0v) is 15.0. The Bertz CT molecular complexity index is 750. The van der Waals surface area contributed by atoms with E-state index in [-0.39, 0.29) is 5.91 Å². The average Bonchev–Trinajstić information content (AvgIpc) is 2.55. The van der Waals surface area contributed by atoms with Crippen molar-refractivity contribution in [2.75, 3.05) is 19.0 Å². The van der Waals surface area contributed by atoms with E-state index in [0.29, 0.717) is 40.3 Å². The van der Waals surface area contributed by atoms with Gasteiger partial charge in [-0.1, -0.05) is 18.5 Å². The Kier molecular flexibility index (Phi) is 5.98. The van der Waals surface area contributed by atoms with Crippen molar-refractivity contribution in [3.63, 3.8) is 0 Å². The van der Waals surface area contributed by atoms with Gasteiger partial charge in [0.1, 0.15) is 11.4 Å². The first-order valence-corrected chi connectivity index (χ1v) is 8.07. The van der Waals surface area contributed by atoms with E-state index in [4.69, 9.17) is 16.3 Å². The molecule has 0 unspecified atom stereocenters. The quantitative estimate of drug-likeness (QED) is 0.833. The summed E-state index contributed by atoms with van der Waals surface area (Å²) < 4.78 is 5.33. The first-order chi connectivity index (χ1) is 11.4. The van der Waals surface area contributed by atoms with Crippen molar-refractivity contribution in [2.24, 2.45) is 0 Å². The Morgan fingerprint density at radius 2 is 2.00 bits per heavy atom. The van der Waals surface area contributed by atoms with E-state index in [2.05, 4.69) is 20.6 Å². The van der Waals surface area contributed by atoms with Crippen LogP contribution in [0.15, 0.2) is 18.2 Å². The number of carbonyl (C=O) groups excluding carboxylic acids is 1. The van der Waals surface area contributed by atoms with Gasteiger partial charge < -0.3 is 15.4 Å². The average molecular weight is 349 g/mol. The zero-order valence-electron chi connectivity index (χ0n) is 14.2. The summed E-state index contributed by atoms with van der Waals surface area (Å²) in [5.41, 5.74) is 2.60. The molecular weight excluding hydrogens is 328 g/mol. The van der Waals surface area contributed by atoms with Crippen molar-refractivity contribution in [3.8, 4) is 5.75 Å². The van der Waals surface area contributed by atoms with Crippen molar-refractivity contribution in [1.29, 1.82) is 0 Å². The highest BCUT2D eigenvalue weighted by Gasteiger charge is 2.12. The molecule has 2 N–H and O–H groups in total. The molecule has 0 spiro atoms. The fourth-order valence-corrected chi connectivity index (χ4v) is 2.27. The number of rotatable bonds is 6. The minimum atomic E-state index is -0.218. The molecule has 1 aromatic carbocycles. The van der Waals surface area contributed by atoms with Gasteiger partial charge in [0, 0.05) is 23.3 Å². The summed E-state index contributed by atoms with van der Waals surface area (Å²) in [6.45, 7) is 6.31. The van der Waals surface area contributed by atoms with Gasteiger partial charge in [-0.15, -0.1) is 0 Å². The lowest BCUT2D eigenvalue weighted by atomic mass is 10.2. The van der Waals surface area contributed by atoms with Crippen molar-refractivity contribution in [3.05, 3.63) is 40.2 Å². The molecule has 1 heterocycles. The van der Waals surface area contributed by atoms with E-state index in [1.165, 1.54) is 0 Å². The first kappa shape index (κ1) is 18.0. The number of halogens is 1. The van der Waals surface area contributed by atoms with E-state index in [1.807, 2.05) is 26.8 Å². The standard InChI is InChI=1S/C17H21ClN4O2/c1-5-6-19-16(23)14-8-11(3)20-17(22-14)21-13-7-10(2)12(18)9-15(13)24-4/h7-9H,5-6H2,1-4H3,(H,19,23)(H,20,21,22). The van der Waals surface area contributed by atoms with Gasteiger partial charge >= 0.3 is 0 Å². The topological polar surface area (TPSA) is 76.1 Å². The summed E-state index contributed by atoms with van der Waals surface area (Å²) in [6.07, 6.45) is 0.863. The Labute approximate surface area is 146 Å². The number of aromatic nitrogens is 2. The summed E-state index contributed by atoms with van der Waals surface area (Å²) in [4.78, 5) is 20.7. The maximum Gasteiger partial charge on any atom is 0.270 e. The normalized spacial score (nSPS) is 10.4. The third-order valence-electron chi connectivity index (χ3n) is 3.35. The smallest absolute Gasteiger partial charge is 0.270 e. The van der Waals surface area contributed by atoms with Gasteiger partial charge in [0.25, 0.3) is 5.91 Å². The van der Waals surface area contributed by atoms with E-state index >= 15 is 0 Å². The highest BCUT2D eigenvalue weighted by atomic mass is 35.5. The predicted molar refractivity (Wildman–Crippen MR) is 95.4 cm³/mol. The molecule has 0 saturated carbocycles. The molecule has 0 aliphatic carbocycles. The molecule has 1 amide bonds. The van der Waals surface area contributed by atoms with Crippen molar-refractivity contribution < 1.29 is 9.53 Å². The lowest BCUT2D eigenvalue weighted by molar-refractivity contribution is 0.0948. The number of carbonyl (C=O) groups is 1. The molecular formula is C17H21ClN4O2. The van der Waals surface area contributed by atoms with Crippen LogP contribution in [0.3, 0.4) is 0 Å². The van der Waals surface area contributed by atoms with Gasteiger partial charge in [0.05, 0.1) is 12.8 Å². The molecule has 2 aromatic rings. The summed E-state index contributed by atoms with van der Waals surface area (Å²) in [7, 11) is 1.56. The number of hydrogen-bond donors (Lipinski definition) is 2. The number of nitrogens with zero attached hydrogens (tertiary/aromatic N) is 2. The van der Waals surface area contributed by atoms with Crippen molar-refractivity contribution in [1.82, 2.24) is 15.3 Å². The molecule has 0 bridgehead atoms. The lowest BCUT2D eigenvalue weighted by Crippen LogP contribution is -2.25. The van der Waals surface area contributed by atoms with E-state index < -0.39 is 0 Å². The van der Waals surface area contributed by atoms with Crippen LogP contribution in [0, 0.1) is 13.8 Å². The monoisotopic (exact) mass is 348 g/mol. The third-order valence-corrected chi connectivity index (χ3v) is 3.76. The fraction of sp³-hybridized carbons (Fsp3) is 0.353. The van der Waals surface area contributed by atoms with Gasteiger partial charge in [0.15, 0.2) is 0 Å². The van der Waals surface area contributed by atoms with E-state index in [0.717, 1.165) is 12.0 Å². The second kappa shape index (κ2) is 7.97. The van der Waals surface area contributed by atoms with Gasteiger partial charge in [0.2, 0.25) is 5.95 Å². The van der Waals surface area contributed by atoms with Gasteiger partial charge in [-0.2, -0.15) is 0 Å². The van der Waals surface area contributed by atoms with E-state index in [1.54, 1.807) is 19.2 Å². The van der Waals surface area contributed by atoms with Crippen LogP contribution >= 0.6 is 11.6 Å². The molecule has 2 rings (SSSR count). The molecule has 0 radical (unpaired) electrons. The van der Waals surface area contributed by atoms with Crippen LogP contribution in [0.5, 0.6) is 5.75 Å². The highest BCUT2D eigenvalue weighted by molar-refractivity contribution is 6.31. The third kappa shape index (κ3) is 4.35. The molecule has 7 heteroatoms. The van der Waals surface area contributed by atoms with Gasteiger partial charge in [-0.3, -0.25) is 4.79 Å². The fourth-order valence-electron chi connectivity index (χ4n) is 2.12. The Morgan fingerprint density at radius 1 is 1.25 bits per heavy atom. The number of amides is 1. The largest absolute Gasteiger partial charge is 0.495 e. The second-order valence-corrected chi connectivity index (χ2v) is 5.81. The highest BCUT2D eigenvalue weighted by Crippen LogP contribution is 2.32. The molecule has 0 fully saturated rings. The molecule has 1 aromatic heterocycles. The summed E-state index contributed by atoms with van der Waals surface area (Å²) in [6, 6.07) is 5.23. The van der Waals surface area contributed by atoms with Crippen molar-refractivity contribution >= 4 is 29.1 Å². The molecule has 6 nitrogen and oxygen atoms in total. The molecule has 24 heavy (non-hydrogen) atoms. The molecule has 128 valence electrons. The summed E-state index contributed by atoms with van der Waals surface area (Å²) >= 11 is 6.12. The van der Waals surface area contributed by atoms with Crippen LogP contribution in [0.1, 0.15) is 35.1 Å². The summed E-state index contributed by atoms with van der Waals surface area (Å²) in [5.74, 6) is 0.689. The van der Waals surface area contributed by atoms with Crippen molar-refractivity contribution in [2.45, 2.75) is 27.2 Å². The maximum absolute atomic E-state index is 12.1. The lowest BCUT2D eigenvalue weighted by Gasteiger charge is -2.13. The van der Waals surface area contributed by atoms with Crippen LogP contribution in [0.2, 0.25) is 5.02 Å². The van der Waals surface area contributed by atoms with Gasteiger partial charge in [-0.05, 0) is 38.0 Å². The molecule has 0 saturated heterocycles. The van der Waals surface area contributed by atoms with Crippen LogP contribution in [0.25, 0.3) is 0 Å². The molecule has 0 aliphatic rings. The van der Waals surface area contributed by atoms with Gasteiger partial charge in [-0.25, -0.2) is 9.97 Å². The maximum atomic E-state index is 12.1. The number of benzene rings is 1. The number of anilines is 2. The summed E-state index contributed by atoms with van der Waals surface area (Å²) in [5, 5.41) is 6.52. The molecule has 0 aliphatic heterocycles. The number of hydrogen-bond acceptors (Lipinski definition) is 5. The van der Waals surface area contributed by atoms with Crippen LogP contribution < -0.4 is 15.4 Å². The number of ether oxygens (including phenoxy) is 1. The number of aryl methyl sites for hydroxylation is 2. The SMILES string of the molecule is CCCNC(=O)c1cc(C)nc(Nc2cc(C)c(Cl)cc2OC)n1. The number of methoxy groups -OCH3 is 1.